The zero-order chi connectivity index (χ0) is 17.1. The smallest absolute Gasteiger partial charge is 0.347 e. The molecule has 0 atom stereocenters. The topological polar surface area (TPSA) is 56.5 Å². The maximum atomic E-state index is 12.3. The molecule has 3 aromatic rings. The highest BCUT2D eigenvalue weighted by atomic mass is 79.9. The molecule has 0 saturated heterocycles. The summed E-state index contributed by atoms with van der Waals surface area (Å²) in [4.78, 5) is 24.3. The standard InChI is InChI=1S/C19H13BrO4/c1-23-15-6-2-12(3-7-15)4-8-17(21)16-11-13-10-14(20)5-9-18(13)24-19(16)22/h2-11H,1H3. The molecule has 1 heterocycles. The van der Waals surface area contributed by atoms with Gasteiger partial charge in [-0.1, -0.05) is 34.1 Å². The van der Waals surface area contributed by atoms with E-state index in [1.54, 1.807) is 49.6 Å². The summed E-state index contributed by atoms with van der Waals surface area (Å²) in [6, 6.07) is 14.0. The van der Waals surface area contributed by atoms with Crippen LogP contribution in [0, 0.1) is 0 Å². The molecule has 0 bridgehead atoms. The molecule has 0 amide bonds. The van der Waals surface area contributed by atoms with E-state index >= 15 is 0 Å². The van der Waals surface area contributed by atoms with Crippen molar-refractivity contribution in [1.82, 2.24) is 0 Å². The number of halogens is 1. The summed E-state index contributed by atoms with van der Waals surface area (Å²) in [6.07, 6.45) is 3.00. The van der Waals surface area contributed by atoms with Crippen LogP contribution in [0.25, 0.3) is 17.0 Å². The summed E-state index contributed by atoms with van der Waals surface area (Å²) in [5.41, 5.74) is 0.635. The maximum Gasteiger partial charge on any atom is 0.347 e. The molecule has 0 fully saturated rings. The van der Waals surface area contributed by atoms with Crippen LogP contribution in [0.5, 0.6) is 5.75 Å². The lowest BCUT2D eigenvalue weighted by Crippen LogP contribution is -2.11. The van der Waals surface area contributed by atoms with E-state index < -0.39 is 11.4 Å². The summed E-state index contributed by atoms with van der Waals surface area (Å²) in [5, 5.41) is 0.685. The Kier molecular flexibility index (Phi) is 4.62. The van der Waals surface area contributed by atoms with Gasteiger partial charge in [-0.15, -0.1) is 0 Å². The molecule has 0 radical (unpaired) electrons. The van der Waals surface area contributed by atoms with Crippen molar-refractivity contribution in [2.75, 3.05) is 7.11 Å². The van der Waals surface area contributed by atoms with Gasteiger partial charge in [0.2, 0.25) is 0 Å². The van der Waals surface area contributed by atoms with Crippen molar-refractivity contribution in [1.29, 1.82) is 0 Å². The number of carbonyl (C=O) groups is 1. The number of hydrogen-bond donors (Lipinski definition) is 0. The number of benzene rings is 2. The molecular formula is C19H13BrO4. The van der Waals surface area contributed by atoms with E-state index in [2.05, 4.69) is 15.9 Å². The largest absolute Gasteiger partial charge is 0.497 e. The Morgan fingerprint density at radius 2 is 1.88 bits per heavy atom. The molecule has 0 aliphatic carbocycles. The Balaban J connectivity index is 1.91. The fourth-order valence-electron chi connectivity index (χ4n) is 2.24. The average molecular weight is 385 g/mol. The van der Waals surface area contributed by atoms with E-state index in [0.717, 1.165) is 15.8 Å². The summed E-state index contributed by atoms with van der Waals surface area (Å²) in [5.74, 6) is 0.334. The summed E-state index contributed by atoms with van der Waals surface area (Å²) in [6.45, 7) is 0. The molecule has 120 valence electrons. The number of hydrogen-bond acceptors (Lipinski definition) is 4. The zero-order valence-corrected chi connectivity index (χ0v) is 14.4. The number of fused-ring (bicyclic) bond motifs is 1. The second-order valence-corrected chi connectivity index (χ2v) is 6.02. The fourth-order valence-corrected chi connectivity index (χ4v) is 2.62. The Morgan fingerprint density at radius 1 is 1.12 bits per heavy atom. The summed E-state index contributed by atoms with van der Waals surface area (Å²) in [7, 11) is 1.59. The predicted molar refractivity (Wildman–Crippen MR) is 96.5 cm³/mol. The molecule has 0 N–H and O–H groups in total. The quantitative estimate of drug-likeness (QED) is 0.378. The number of methoxy groups -OCH3 is 1. The molecule has 0 saturated carbocycles. The number of ketones is 1. The molecule has 3 rings (SSSR count). The van der Waals surface area contributed by atoms with Crippen LogP contribution in [-0.2, 0) is 0 Å². The van der Waals surface area contributed by atoms with Crippen LogP contribution in [0.2, 0.25) is 0 Å². The first-order valence-corrected chi connectivity index (χ1v) is 7.96. The van der Waals surface area contributed by atoms with Gasteiger partial charge in [0, 0.05) is 9.86 Å². The van der Waals surface area contributed by atoms with Gasteiger partial charge in [-0.2, -0.15) is 0 Å². The lowest BCUT2D eigenvalue weighted by Gasteiger charge is -2.01. The Morgan fingerprint density at radius 3 is 2.58 bits per heavy atom. The van der Waals surface area contributed by atoms with Gasteiger partial charge in [0.15, 0.2) is 5.78 Å². The van der Waals surface area contributed by atoms with Gasteiger partial charge in [0.25, 0.3) is 0 Å². The highest BCUT2D eigenvalue weighted by Gasteiger charge is 2.11. The molecule has 4 nitrogen and oxygen atoms in total. The lowest BCUT2D eigenvalue weighted by molar-refractivity contribution is 0.104. The first-order valence-electron chi connectivity index (χ1n) is 7.17. The van der Waals surface area contributed by atoms with Gasteiger partial charge in [-0.25, -0.2) is 4.79 Å². The molecule has 0 aliphatic heterocycles. The summed E-state index contributed by atoms with van der Waals surface area (Å²) < 4.78 is 11.1. The van der Waals surface area contributed by atoms with Crippen LogP contribution in [-0.4, -0.2) is 12.9 Å². The van der Waals surface area contributed by atoms with Crippen molar-refractivity contribution in [3.05, 3.63) is 80.6 Å². The van der Waals surface area contributed by atoms with Crippen LogP contribution in [0.1, 0.15) is 15.9 Å². The van der Waals surface area contributed by atoms with Crippen LogP contribution in [0.4, 0.5) is 0 Å². The summed E-state index contributed by atoms with van der Waals surface area (Å²) >= 11 is 3.36. The molecule has 2 aromatic carbocycles. The Hall–Kier alpha value is -2.66. The number of carbonyl (C=O) groups excluding carboxylic acids is 1. The third-order valence-corrected chi connectivity index (χ3v) is 4.00. The molecular weight excluding hydrogens is 372 g/mol. The van der Waals surface area contributed by atoms with Gasteiger partial charge >= 0.3 is 5.63 Å². The lowest BCUT2D eigenvalue weighted by atomic mass is 10.1. The number of rotatable bonds is 4. The second kappa shape index (κ2) is 6.84. The fraction of sp³-hybridized carbons (Fsp3) is 0.0526. The van der Waals surface area contributed by atoms with Gasteiger partial charge in [-0.05, 0) is 48.0 Å². The van der Waals surface area contributed by atoms with E-state index in [1.807, 2.05) is 12.1 Å². The second-order valence-electron chi connectivity index (χ2n) is 5.10. The van der Waals surface area contributed by atoms with Crippen LogP contribution in [0.3, 0.4) is 0 Å². The van der Waals surface area contributed by atoms with E-state index in [1.165, 1.54) is 6.08 Å². The zero-order valence-electron chi connectivity index (χ0n) is 12.8. The first kappa shape index (κ1) is 16.2. The first-order chi connectivity index (χ1) is 11.6. The normalized spacial score (nSPS) is 11.1. The molecule has 0 unspecified atom stereocenters. The molecule has 0 spiro atoms. The van der Waals surface area contributed by atoms with Gasteiger partial charge in [0.1, 0.15) is 16.9 Å². The third-order valence-electron chi connectivity index (χ3n) is 3.50. The average Bonchev–Trinajstić information content (AvgIpc) is 2.60. The highest BCUT2D eigenvalue weighted by Crippen LogP contribution is 2.20. The monoisotopic (exact) mass is 384 g/mol. The van der Waals surface area contributed by atoms with Crippen molar-refractivity contribution in [2.45, 2.75) is 0 Å². The van der Waals surface area contributed by atoms with Gasteiger partial charge < -0.3 is 9.15 Å². The predicted octanol–water partition coefficient (Wildman–Crippen LogP) is 4.46. The van der Waals surface area contributed by atoms with Crippen LogP contribution >= 0.6 is 15.9 Å². The minimum absolute atomic E-state index is 0.00496. The van der Waals surface area contributed by atoms with Crippen molar-refractivity contribution < 1.29 is 13.9 Å². The number of allylic oxidation sites excluding steroid dienone is 1. The number of ether oxygens (including phenoxy) is 1. The van der Waals surface area contributed by atoms with E-state index in [-0.39, 0.29) is 5.56 Å². The van der Waals surface area contributed by atoms with Crippen molar-refractivity contribution in [2.24, 2.45) is 0 Å². The molecule has 0 aliphatic rings. The highest BCUT2D eigenvalue weighted by molar-refractivity contribution is 9.10. The van der Waals surface area contributed by atoms with Crippen LogP contribution < -0.4 is 10.4 Å². The maximum absolute atomic E-state index is 12.3. The van der Waals surface area contributed by atoms with Crippen molar-refractivity contribution in [3.8, 4) is 5.75 Å². The van der Waals surface area contributed by atoms with Crippen molar-refractivity contribution >= 4 is 38.8 Å². The Bertz CT molecular complexity index is 984. The Labute approximate surface area is 146 Å². The van der Waals surface area contributed by atoms with E-state index in [0.29, 0.717) is 11.0 Å². The van der Waals surface area contributed by atoms with E-state index in [9.17, 15) is 9.59 Å². The molecule has 24 heavy (non-hydrogen) atoms. The SMILES string of the molecule is COc1ccc(C=CC(=O)c2cc3cc(Br)ccc3oc2=O)cc1. The van der Waals surface area contributed by atoms with Crippen LogP contribution in [0.15, 0.2) is 68.3 Å². The van der Waals surface area contributed by atoms with Gasteiger partial charge in [0.05, 0.1) is 7.11 Å². The third kappa shape index (κ3) is 3.46. The van der Waals surface area contributed by atoms with E-state index in [4.69, 9.17) is 9.15 Å². The van der Waals surface area contributed by atoms with Gasteiger partial charge in [-0.3, -0.25) is 4.79 Å². The minimum Gasteiger partial charge on any atom is -0.497 e. The minimum atomic E-state index is -0.644. The van der Waals surface area contributed by atoms with Crippen molar-refractivity contribution in [3.63, 3.8) is 0 Å². The molecule has 1 aromatic heterocycles. The molecule has 5 heteroatoms.